The van der Waals surface area contributed by atoms with Crippen molar-refractivity contribution in [2.45, 2.75) is 18.8 Å². The van der Waals surface area contributed by atoms with Crippen LogP contribution >= 0.6 is 0 Å². The lowest BCUT2D eigenvalue weighted by Gasteiger charge is -2.24. The maximum atomic E-state index is 11.8. The lowest BCUT2D eigenvalue weighted by atomic mass is 9.87. The molecule has 88 valence electrons. The molecule has 2 aliphatic heterocycles. The van der Waals surface area contributed by atoms with E-state index in [1.54, 1.807) is 6.07 Å². The number of amides is 2. The molecule has 1 fully saturated rings. The van der Waals surface area contributed by atoms with Crippen LogP contribution < -0.4 is 10.6 Å². The van der Waals surface area contributed by atoms with Crippen molar-refractivity contribution in [2.75, 3.05) is 13.1 Å². The molecule has 2 amide bonds. The summed E-state index contributed by atoms with van der Waals surface area (Å²) in [6.07, 6.45) is 2.19. The highest BCUT2D eigenvalue weighted by Gasteiger charge is 2.31. The molecular formula is C13H14N2O2. The van der Waals surface area contributed by atoms with Gasteiger partial charge < -0.3 is 5.32 Å². The molecule has 2 heterocycles. The van der Waals surface area contributed by atoms with Crippen LogP contribution in [0.15, 0.2) is 18.2 Å². The summed E-state index contributed by atoms with van der Waals surface area (Å²) in [6.45, 7) is 1.93. The van der Waals surface area contributed by atoms with Crippen LogP contribution in [0.2, 0.25) is 0 Å². The second-order valence-corrected chi connectivity index (χ2v) is 4.60. The van der Waals surface area contributed by atoms with Crippen LogP contribution in [0.25, 0.3) is 0 Å². The van der Waals surface area contributed by atoms with Gasteiger partial charge in [-0.3, -0.25) is 14.9 Å². The average Bonchev–Trinajstić information content (AvgIpc) is 2.66. The van der Waals surface area contributed by atoms with Crippen LogP contribution in [-0.4, -0.2) is 24.9 Å². The third-order valence-corrected chi connectivity index (χ3v) is 3.53. The summed E-state index contributed by atoms with van der Waals surface area (Å²) in [4.78, 5) is 23.4. The van der Waals surface area contributed by atoms with E-state index in [2.05, 4.69) is 10.6 Å². The lowest BCUT2D eigenvalue weighted by molar-refractivity contribution is 0.0879. The number of hydrogen-bond acceptors (Lipinski definition) is 3. The maximum absolute atomic E-state index is 11.8. The van der Waals surface area contributed by atoms with E-state index >= 15 is 0 Å². The molecule has 3 rings (SSSR count). The van der Waals surface area contributed by atoms with Gasteiger partial charge in [-0.1, -0.05) is 12.1 Å². The Hall–Kier alpha value is -1.68. The largest absolute Gasteiger partial charge is 0.316 e. The molecule has 2 aliphatic rings. The minimum absolute atomic E-state index is 0.244. The van der Waals surface area contributed by atoms with Gasteiger partial charge in [-0.15, -0.1) is 0 Å². The first-order chi connectivity index (χ1) is 8.27. The number of benzene rings is 1. The van der Waals surface area contributed by atoms with Crippen molar-refractivity contribution in [3.8, 4) is 0 Å². The Labute approximate surface area is 99.4 Å². The van der Waals surface area contributed by atoms with E-state index in [0.717, 1.165) is 31.5 Å². The molecule has 17 heavy (non-hydrogen) atoms. The highest BCUT2D eigenvalue weighted by Crippen LogP contribution is 2.30. The predicted molar refractivity (Wildman–Crippen MR) is 63.1 cm³/mol. The summed E-state index contributed by atoms with van der Waals surface area (Å²) in [5, 5.41) is 5.70. The summed E-state index contributed by atoms with van der Waals surface area (Å²) >= 11 is 0. The molecule has 4 heteroatoms. The first-order valence-corrected chi connectivity index (χ1v) is 5.96. The van der Waals surface area contributed by atoms with E-state index in [-0.39, 0.29) is 11.8 Å². The minimum Gasteiger partial charge on any atom is -0.316 e. The van der Waals surface area contributed by atoms with Crippen LogP contribution in [0.1, 0.15) is 45.0 Å². The van der Waals surface area contributed by atoms with Crippen molar-refractivity contribution in [1.29, 1.82) is 0 Å². The van der Waals surface area contributed by atoms with E-state index in [9.17, 15) is 9.59 Å². The number of rotatable bonds is 1. The van der Waals surface area contributed by atoms with Crippen LogP contribution in [0.4, 0.5) is 0 Å². The lowest BCUT2D eigenvalue weighted by Crippen LogP contribution is -2.29. The Morgan fingerprint density at radius 1 is 1.18 bits per heavy atom. The number of nitrogens with one attached hydrogen (secondary N) is 2. The van der Waals surface area contributed by atoms with Gasteiger partial charge >= 0.3 is 0 Å². The highest BCUT2D eigenvalue weighted by atomic mass is 16.2. The molecule has 0 radical (unpaired) electrons. The van der Waals surface area contributed by atoms with Gasteiger partial charge in [0.05, 0.1) is 11.1 Å². The fraction of sp³-hybridized carbons (Fsp3) is 0.385. The summed E-state index contributed by atoms with van der Waals surface area (Å²) in [7, 11) is 0. The van der Waals surface area contributed by atoms with Crippen molar-refractivity contribution in [1.82, 2.24) is 10.6 Å². The number of fused-ring (bicyclic) bond motifs is 1. The molecule has 0 spiro atoms. The summed E-state index contributed by atoms with van der Waals surface area (Å²) in [5.74, 6) is -0.169. The Morgan fingerprint density at radius 3 is 2.82 bits per heavy atom. The van der Waals surface area contributed by atoms with Crippen LogP contribution in [0.3, 0.4) is 0 Å². The quantitative estimate of drug-likeness (QED) is 0.709. The fourth-order valence-electron chi connectivity index (χ4n) is 2.70. The molecule has 1 unspecified atom stereocenters. The Balaban J connectivity index is 2.06. The Bertz CT molecular complexity index is 490. The normalized spacial score (nSPS) is 23.4. The number of piperidine rings is 1. The Morgan fingerprint density at radius 2 is 2.06 bits per heavy atom. The molecule has 0 bridgehead atoms. The number of hydrogen-bond donors (Lipinski definition) is 2. The van der Waals surface area contributed by atoms with E-state index in [4.69, 9.17) is 0 Å². The maximum Gasteiger partial charge on any atom is 0.259 e. The molecular weight excluding hydrogens is 216 g/mol. The molecule has 0 aromatic heterocycles. The standard InChI is InChI=1S/C13H14N2O2/c16-12-10-5-1-4-9(11(10)13(17)15-12)8-3-2-6-14-7-8/h1,4-5,8,14H,2-3,6-7H2,(H,15,16,17). The van der Waals surface area contributed by atoms with Gasteiger partial charge in [0.25, 0.3) is 11.8 Å². The van der Waals surface area contributed by atoms with Crippen molar-refractivity contribution in [3.63, 3.8) is 0 Å². The van der Waals surface area contributed by atoms with Gasteiger partial charge in [0, 0.05) is 6.54 Å². The van der Waals surface area contributed by atoms with Crippen LogP contribution in [-0.2, 0) is 0 Å². The third-order valence-electron chi connectivity index (χ3n) is 3.53. The number of carbonyl (C=O) groups is 2. The number of imide groups is 1. The first kappa shape index (κ1) is 10.5. The molecule has 0 aliphatic carbocycles. The monoisotopic (exact) mass is 230 g/mol. The van der Waals surface area contributed by atoms with Crippen molar-refractivity contribution >= 4 is 11.8 Å². The van der Waals surface area contributed by atoms with Crippen LogP contribution in [0.5, 0.6) is 0 Å². The molecule has 1 atom stereocenters. The van der Waals surface area contributed by atoms with Crippen molar-refractivity contribution in [2.24, 2.45) is 0 Å². The SMILES string of the molecule is O=C1NC(=O)c2c1cccc2C1CCCNC1. The van der Waals surface area contributed by atoms with E-state index < -0.39 is 0 Å². The molecule has 1 saturated heterocycles. The molecule has 0 saturated carbocycles. The van der Waals surface area contributed by atoms with Gasteiger partial charge in [-0.05, 0) is 36.9 Å². The highest BCUT2D eigenvalue weighted by molar-refractivity contribution is 6.22. The van der Waals surface area contributed by atoms with Gasteiger partial charge in [-0.2, -0.15) is 0 Å². The summed E-state index contributed by atoms with van der Waals surface area (Å²) < 4.78 is 0. The smallest absolute Gasteiger partial charge is 0.259 e. The van der Waals surface area contributed by atoms with E-state index in [1.165, 1.54) is 0 Å². The van der Waals surface area contributed by atoms with E-state index in [1.807, 2.05) is 12.1 Å². The second-order valence-electron chi connectivity index (χ2n) is 4.60. The van der Waals surface area contributed by atoms with Gasteiger partial charge in [0.1, 0.15) is 0 Å². The zero-order valence-electron chi connectivity index (χ0n) is 9.45. The zero-order chi connectivity index (χ0) is 11.8. The van der Waals surface area contributed by atoms with Crippen molar-refractivity contribution < 1.29 is 9.59 Å². The van der Waals surface area contributed by atoms with Gasteiger partial charge in [-0.25, -0.2) is 0 Å². The minimum atomic E-state index is -0.268. The fourth-order valence-corrected chi connectivity index (χ4v) is 2.70. The molecule has 1 aromatic carbocycles. The zero-order valence-corrected chi connectivity index (χ0v) is 9.45. The molecule has 4 nitrogen and oxygen atoms in total. The topological polar surface area (TPSA) is 58.2 Å². The average molecular weight is 230 g/mol. The second kappa shape index (κ2) is 3.96. The molecule has 2 N–H and O–H groups in total. The summed E-state index contributed by atoms with van der Waals surface area (Å²) in [5.41, 5.74) is 2.13. The predicted octanol–water partition coefficient (Wildman–Crippen LogP) is 1.04. The van der Waals surface area contributed by atoms with Gasteiger partial charge in [0.2, 0.25) is 0 Å². The summed E-state index contributed by atoms with van der Waals surface area (Å²) in [6, 6.07) is 5.55. The molecule has 1 aromatic rings. The first-order valence-electron chi connectivity index (χ1n) is 5.96. The third kappa shape index (κ3) is 1.65. The van der Waals surface area contributed by atoms with Crippen molar-refractivity contribution in [3.05, 3.63) is 34.9 Å². The van der Waals surface area contributed by atoms with Gasteiger partial charge in [0.15, 0.2) is 0 Å². The Kier molecular flexibility index (Phi) is 2.44. The van der Waals surface area contributed by atoms with Crippen LogP contribution in [0, 0.1) is 0 Å². The number of carbonyl (C=O) groups excluding carboxylic acids is 2. The van der Waals surface area contributed by atoms with E-state index in [0.29, 0.717) is 17.0 Å².